The lowest BCUT2D eigenvalue weighted by Gasteiger charge is -2.37. The molecule has 0 spiro atoms. The summed E-state index contributed by atoms with van der Waals surface area (Å²) in [5.41, 5.74) is 2.09. The Bertz CT molecular complexity index is 452. The number of benzene rings is 1. The van der Waals surface area contributed by atoms with E-state index in [0.717, 1.165) is 28.7 Å². The van der Waals surface area contributed by atoms with Crippen molar-refractivity contribution in [2.24, 2.45) is 0 Å². The molecule has 94 valence electrons. The van der Waals surface area contributed by atoms with Gasteiger partial charge in [-0.05, 0) is 24.6 Å². The molecule has 1 fully saturated rings. The maximum absolute atomic E-state index is 6.30. The van der Waals surface area contributed by atoms with Gasteiger partial charge < -0.3 is 10.1 Å². The van der Waals surface area contributed by atoms with Crippen LogP contribution in [0.5, 0.6) is 0 Å². The van der Waals surface area contributed by atoms with Crippen LogP contribution in [0.15, 0.2) is 12.1 Å². The Hall–Kier alpha value is 0.01000. The maximum atomic E-state index is 6.30. The van der Waals surface area contributed by atoms with Crippen LogP contribution in [-0.2, 0) is 11.3 Å². The standard InChI is InChI=1S/C12H13Cl2NO.ClH/c1-12-6-15-4-8(12)11-7(5-16-12)9(13)2-3-10(11)14;/h2-3,8,15H,4-6H2,1H3;1H/t8-,12-;/m1./s1. The van der Waals surface area contributed by atoms with Gasteiger partial charge in [-0.3, -0.25) is 0 Å². The molecule has 1 aromatic carbocycles. The van der Waals surface area contributed by atoms with E-state index in [-0.39, 0.29) is 18.0 Å². The molecule has 2 aliphatic rings. The van der Waals surface area contributed by atoms with E-state index in [9.17, 15) is 0 Å². The topological polar surface area (TPSA) is 21.3 Å². The van der Waals surface area contributed by atoms with Crippen molar-refractivity contribution in [2.75, 3.05) is 13.1 Å². The van der Waals surface area contributed by atoms with Gasteiger partial charge in [0, 0.05) is 34.6 Å². The minimum atomic E-state index is -0.138. The largest absolute Gasteiger partial charge is 0.369 e. The van der Waals surface area contributed by atoms with Gasteiger partial charge in [-0.25, -0.2) is 0 Å². The summed E-state index contributed by atoms with van der Waals surface area (Å²) >= 11 is 12.5. The average Bonchev–Trinajstić information content (AvgIpc) is 2.64. The summed E-state index contributed by atoms with van der Waals surface area (Å²) in [7, 11) is 0. The second kappa shape index (κ2) is 4.60. The third-order valence-corrected chi connectivity index (χ3v) is 4.39. The van der Waals surface area contributed by atoms with E-state index in [4.69, 9.17) is 27.9 Å². The molecule has 0 amide bonds. The first kappa shape index (κ1) is 13.4. The number of ether oxygens (including phenoxy) is 1. The Morgan fingerprint density at radius 2 is 2.06 bits per heavy atom. The maximum Gasteiger partial charge on any atom is 0.0863 e. The lowest BCUT2D eigenvalue weighted by atomic mass is 9.81. The minimum Gasteiger partial charge on any atom is -0.369 e. The van der Waals surface area contributed by atoms with Crippen LogP contribution >= 0.6 is 35.6 Å². The Kier molecular flexibility index (Phi) is 3.64. The van der Waals surface area contributed by atoms with Crippen molar-refractivity contribution in [1.82, 2.24) is 5.32 Å². The Morgan fingerprint density at radius 1 is 1.35 bits per heavy atom. The van der Waals surface area contributed by atoms with Crippen molar-refractivity contribution in [3.05, 3.63) is 33.3 Å². The van der Waals surface area contributed by atoms with Gasteiger partial charge in [0.1, 0.15) is 0 Å². The fourth-order valence-corrected chi connectivity index (χ4v) is 3.26. The summed E-state index contributed by atoms with van der Waals surface area (Å²) in [6, 6.07) is 3.73. The first-order chi connectivity index (χ1) is 7.62. The van der Waals surface area contributed by atoms with E-state index < -0.39 is 0 Å². The monoisotopic (exact) mass is 293 g/mol. The zero-order chi connectivity index (χ0) is 11.3. The highest BCUT2D eigenvalue weighted by Gasteiger charge is 2.45. The molecule has 2 heterocycles. The molecular weight excluding hydrogens is 280 g/mol. The number of hydrogen-bond acceptors (Lipinski definition) is 2. The van der Waals surface area contributed by atoms with Crippen LogP contribution in [0.2, 0.25) is 10.0 Å². The van der Waals surface area contributed by atoms with Crippen LogP contribution in [-0.4, -0.2) is 18.7 Å². The van der Waals surface area contributed by atoms with E-state index in [1.807, 2.05) is 12.1 Å². The van der Waals surface area contributed by atoms with Crippen molar-refractivity contribution < 1.29 is 4.74 Å². The van der Waals surface area contributed by atoms with Crippen molar-refractivity contribution in [1.29, 1.82) is 0 Å². The molecule has 0 aliphatic carbocycles. The quantitative estimate of drug-likeness (QED) is 0.792. The van der Waals surface area contributed by atoms with Gasteiger partial charge in [-0.15, -0.1) is 12.4 Å². The molecule has 1 saturated heterocycles. The SMILES string of the molecule is C[C@@]12CNC[C@@H]1c1c(Cl)ccc(Cl)c1CO2.Cl. The van der Waals surface area contributed by atoms with Gasteiger partial charge in [-0.1, -0.05) is 23.2 Å². The van der Waals surface area contributed by atoms with E-state index in [1.54, 1.807) is 0 Å². The molecule has 2 aliphatic heterocycles. The van der Waals surface area contributed by atoms with Gasteiger partial charge in [0.2, 0.25) is 0 Å². The zero-order valence-electron chi connectivity index (χ0n) is 9.43. The molecule has 3 rings (SSSR count). The lowest BCUT2D eigenvalue weighted by Crippen LogP contribution is -2.40. The second-order valence-electron chi connectivity index (χ2n) is 4.71. The summed E-state index contributed by atoms with van der Waals surface area (Å²) in [5, 5.41) is 4.93. The molecule has 0 saturated carbocycles. The average molecular weight is 295 g/mol. The summed E-state index contributed by atoms with van der Waals surface area (Å²) < 4.78 is 5.95. The molecule has 2 atom stereocenters. The van der Waals surface area contributed by atoms with E-state index in [0.29, 0.717) is 12.5 Å². The summed E-state index contributed by atoms with van der Waals surface area (Å²) in [4.78, 5) is 0. The van der Waals surface area contributed by atoms with Crippen LogP contribution in [0.25, 0.3) is 0 Å². The zero-order valence-corrected chi connectivity index (χ0v) is 11.8. The van der Waals surface area contributed by atoms with Gasteiger partial charge in [0.25, 0.3) is 0 Å². The fourth-order valence-electron chi connectivity index (χ4n) is 2.73. The fraction of sp³-hybridized carbons (Fsp3) is 0.500. The predicted octanol–water partition coefficient (Wildman–Crippen LogP) is 3.39. The molecule has 0 aromatic heterocycles. The van der Waals surface area contributed by atoms with E-state index >= 15 is 0 Å². The molecule has 1 N–H and O–H groups in total. The molecule has 17 heavy (non-hydrogen) atoms. The summed E-state index contributed by atoms with van der Waals surface area (Å²) in [6.07, 6.45) is 0. The first-order valence-corrected chi connectivity index (χ1v) is 6.19. The van der Waals surface area contributed by atoms with Gasteiger partial charge >= 0.3 is 0 Å². The summed E-state index contributed by atoms with van der Waals surface area (Å²) in [6.45, 7) is 4.48. The molecule has 0 unspecified atom stereocenters. The van der Waals surface area contributed by atoms with Gasteiger partial charge in [0.15, 0.2) is 0 Å². The minimum absolute atomic E-state index is 0. The van der Waals surface area contributed by atoms with Crippen LogP contribution in [0.1, 0.15) is 24.0 Å². The Balaban J connectivity index is 0.00000108. The van der Waals surface area contributed by atoms with Crippen molar-refractivity contribution in [3.8, 4) is 0 Å². The number of nitrogens with one attached hydrogen (secondary N) is 1. The molecule has 1 aromatic rings. The van der Waals surface area contributed by atoms with Crippen molar-refractivity contribution >= 4 is 35.6 Å². The van der Waals surface area contributed by atoms with E-state index in [1.165, 1.54) is 5.56 Å². The molecular formula is C12H14Cl3NO. The summed E-state index contributed by atoms with van der Waals surface area (Å²) in [5.74, 6) is 0.308. The number of fused-ring (bicyclic) bond motifs is 3. The highest BCUT2D eigenvalue weighted by atomic mass is 35.5. The third-order valence-electron chi connectivity index (χ3n) is 3.70. The van der Waals surface area contributed by atoms with Crippen LogP contribution in [0.3, 0.4) is 0 Å². The molecule has 2 nitrogen and oxygen atoms in total. The molecule has 5 heteroatoms. The number of halogens is 3. The molecule has 0 radical (unpaired) electrons. The van der Waals surface area contributed by atoms with Crippen LogP contribution < -0.4 is 5.32 Å². The van der Waals surface area contributed by atoms with Crippen LogP contribution in [0, 0.1) is 0 Å². The Morgan fingerprint density at radius 3 is 2.82 bits per heavy atom. The highest BCUT2D eigenvalue weighted by Crippen LogP contribution is 2.45. The second-order valence-corrected chi connectivity index (χ2v) is 5.52. The van der Waals surface area contributed by atoms with Gasteiger partial charge in [-0.2, -0.15) is 0 Å². The van der Waals surface area contributed by atoms with Crippen molar-refractivity contribution in [3.63, 3.8) is 0 Å². The lowest BCUT2D eigenvalue weighted by molar-refractivity contribution is -0.0516. The number of hydrogen-bond donors (Lipinski definition) is 1. The first-order valence-electron chi connectivity index (χ1n) is 5.43. The smallest absolute Gasteiger partial charge is 0.0863 e. The number of rotatable bonds is 0. The van der Waals surface area contributed by atoms with Crippen molar-refractivity contribution in [2.45, 2.75) is 25.0 Å². The van der Waals surface area contributed by atoms with Crippen LogP contribution in [0.4, 0.5) is 0 Å². The van der Waals surface area contributed by atoms with Gasteiger partial charge in [0.05, 0.1) is 12.2 Å². The molecule has 0 bridgehead atoms. The van der Waals surface area contributed by atoms with E-state index in [2.05, 4.69) is 12.2 Å². The normalized spacial score (nSPS) is 30.4. The predicted molar refractivity (Wildman–Crippen MR) is 72.5 cm³/mol. The third kappa shape index (κ3) is 1.96. The Labute approximate surface area is 117 Å². The highest BCUT2D eigenvalue weighted by molar-refractivity contribution is 6.34.